The van der Waals surface area contributed by atoms with E-state index in [2.05, 4.69) is 19.2 Å². The largest absolute Gasteiger partial charge is 0.341 e. The third-order valence-corrected chi connectivity index (χ3v) is 7.92. The zero-order valence-corrected chi connectivity index (χ0v) is 13.3. The van der Waals surface area contributed by atoms with Crippen LogP contribution in [0.5, 0.6) is 0 Å². The number of amides is 1. The minimum absolute atomic E-state index is 0.149. The molecule has 1 amide bonds. The number of carbonyl (C=O) groups is 1. The van der Waals surface area contributed by atoms with E-state index in [1.54, 1.807) is 0 Å². The first-order valence-electron chi connectivity index (χ1n) is 7.40. The zero-order chi connectivity index (χ0) is 14.8. The molecule has 0 aromatic heterocycles. The van der Waals surface area contributed by atoms with Gasteiger partial charge in [0, 0.05) is 19.3 Å². The standard InChI is InChI=1S/C14H24N2O3S/c1-13(2)10-8-16(9-11(10)13)12(17)14(20(3,18)19)4-6-15-7-5-14/h10-11,15H,4-9H2,1-3H3. The Balaban J connectivity index is 1.81. The second kappa shape index (κ2) is 4.19. The van der Waals surface area contributed by atoms with Crippen molar-refractivity contribution in [1.82, 2.24) is 10.2 Å². The lowest BCUT2D eigenvalue weighted by molar-refractivity contribution is -0.134. The molecule has 3 aliphatic rings. The molecule has 2 atom stereocenters. The molecule has 0 radical (unpaired) electrons. The number of rotatable bonds is 2. The first kappa shape index (κ1) is 14.3. The summed E-state index contributed by atoms with van der Waals surface area (Å²) in [6.07, 6.45) is 2.02. The highest BCUT2D eigenvalue weighted by Crippen LogP contribution is 2.62. The zero-order valence-electron chi connectivity index (χ0n) is 12.5. The first-order chi connectivity index (χ1) is 9.20. The average molecular weight is 300 g/mol. The summed E-state index contributed by atoms with van der Waals surface area (Å²) in [7, 11) is -3.39. The minimum atomic E-state index is -3.39. The van der Waals surface area contributed by atoms with Gasteiger partial charge in [-0.25, -0.2) is 8.42 Å². The van der Waals surface area contributed by atoms with E-state index >= 15 is 0 Å². The molecule has 1 aliphatic carbocycles. The maximum atomic E-state index is 12.9. The number of piperidine rings is 2. The highest BCUT2D eigenvalue weighted by atomic mass is 32.2. The molecule has 0 bridgehead atoms. The van der Waals surface area contributed by atoms with E-state index in [1.165, 1.54) is 6.26 Å². The van der Waals surface area contributed by atoms with Crippen molar-refractivity contribution in [2.45, 2.75) is 31.4 Å². The third kappa shape index (κ3) is 1.84. The van der Waals surface area contributed by atoms with Gasteiger partial charge in [-0.05, 0) is 43.2 Å². The highest BCUT2D eigenvalue weighted by molar-refractivity contribution is 7.92. The van der Waals surface area contributed by atoms with Crippen molar-refractivity contribution >= 4 is 15.7 Å². The summed E-state index contributed by atoms with van der Waals surface area (Å²) in [5.41, 5.74) is 0.336. The lowest BCUT2D eigenvalue weighted by atomic mass is 9.94. The van der Waals surface area contributed by atoms with Crippen LogP contribution in [0.2, 0.25) is 0 Å². The highest BCUT2D eigenvalue weighted by Gasteiger charge is 2.64. The van der Waals surface area contributed by atoms with Gasteiger partial charge in [-0.15, -0.1) is 0 Å². The Morgan fingerprint density at radius 2 is 1.65 bits per heavy atom. The van der Waals surface area contributed by atoms with Crippen LogP contribution in [0, 0.1) is 17.3 Å². The van der Waals surface area contributed by atoms with E-state index in [0.29, 0.717) is 43.2 Å². The number of hydrogen-bond donors (Lipinski definition) is 1. The lowest BCUT2D eigenvalue weighted by Crippen LogP contribution is -2.58. The van der Waals surface area contributed by atoms with Crippen molar-refractivity contribution < 1.29 is 13.2 Å². The Bertz CT molecular complexity index is 521. The van der Waals surface area contributed by atoms with Crippen LogP contribution in [0.3, 0.4) is 0 Å². The number of sulfone groups is 1. The van der Waals surface area contributed by atoms with Crippen molar-refractivity contribution in [1.29, 1.82) is 0 Å². The number of hydrogen-bond acceptors (Lipinski definition) is 4. The fourth-order valence-corrected chi connectivity index (χ4v) is 5.55. The Hall–Kier alpha value is -0.620. The molecule has 0 aromatic carbocycles. The van der Waals surface area contributed by atoms with E-state index in [1.807, 2.05) is 4.90 Å². The van der Waals surface area contributed by atoms with Gasteiger partial charge in [0.15, 0.2) is 14.6 Å². The Morgan fingerprint density at radius 1 is 1.15 bits per heavy atom. The van der Waals surface area contributed by atoms with Gasteiger partial charge in [0.1, 0.15) is 0 Å². The molecular weight excluding hydrogens is 276 g/mol. The Morgan fingerprint density at radius 3 is 2.10 bits per heavy atom. The quantitative estimate of drug-likeness (QED) is 0.795. The van der Waals surface area contributed by atoms with Gasteiger partial charge in [-0.2, -0.15) is 0 Å². The maximum absolute atomic E-state index is 12.9. The molecule has 20 heavy (non-hydrogen) atoms. The summed E-state index contributed by atoms with van der Waals surface area (Å²) < 4.78 is 23.3. The minimum Gasteiger partial charge on any atom is -0.341 e. The number of nitrogens with one attached hydrogen (secondary N) is 1. The topological polar surface area (TPSA) is 66.5 Å². The van der Waals surface area contributed by atoms with E-state index in [0.717, 1.165) is 13.1 Å². The van der Waals surface area contributed by atoms with Gasteiger partial charge in [-0.1, -0.05) is 13.8 Å². The predicted octanol–water partition coefficient (Wildman–Crippen LogP) is 0.268. The van der Waals surface area contributed by atoms with Gasteiger partial charge >= 0.3 is 0 Å². The van der Waals surface area contributed by atoms with Crippen molar-refractivity contribution in [3.8, 4) is 0 Å². The number of likely N-dealkylation sites (tertiary alicyclic amines) is 1. The van der Waals surface area contributed by atoms with Gasteiger partial charge in [0.25, 0.3) is 0 Å². The van der Waals surface area contributed by atoms with E-state index < -0.39 is 14.6 Å². The van der Waals surface area contributed by atoms with Crippen LogP contribution in [0.25, 0.3) is 0 Å². The number of carbonyl (C=O) groups excluding carboxylic acids is 1. The van der Waals surface area contributed by atoms with Gasteiger partial charge in [-0.3, -0.25) is 4.79 Å². The van der Waals surface area contributed by atoms with E-state index in [9.17, 15) is 13.2 Å². The number of fused-ring (bicyclic) bond motifs is 1. The van der Waals surface area contributed by atoms with Crippen LogP contribution in [-0.4, -0.2) is 56.4 Å². The fraction of sp³-hybridized carbons (Fsp3) is 0.929. The molecule has 2 aliphatic heterocycles. The molecule has 3 fully saturated rings. The Kier molecular flexibility index (Phi) is 3.00. The van der Waals surface area contributed by atoms with E-state index in [4.69, 9.17) is 0 Å². The summed E-state index contributed by atoms with van der Waals surface area (Å²) in [6.45, 7) is 7.15. The van der Waals surface area contributed by atoms with E-state index in [-0.39, 0.29) is 5.91 Å². The van der Waals surface area contributed by atoms with Crippen LogP contribution in [0.1, 0.15) is 26.7 Å². The summed E-state index contributed by atoms with van der Waals surface area (Å²) in [6, 6.07) is 0. The number of nitrogens with zero attached hydrogens (tertiary/aromatic N) is 1. The molecule has 2 heterocycles. The fourth-order valence-electron chi connectivity index (χ4n) is 4.16. The van der Waals surface area contributed by atoms with Crippen LogP contribution < -0.4 is 5.32 Å². The lowest BCUT2D eigenvalue weighted by Gasteiger charge is -2.38. The van der Waals surface area contributed by atoms with Gasteiger partial charge in [0.2, 0.25) is 5.91 Å². The summed E-state index contributed by atoms with van der Waals surface area (Å²) in [5.74, 6) is 0.971. The molecule has 0 aromatic rings. The van der Waals surface area contributed by atoms with Crippen LogP contribution in [0.15, 0.2) is 0 Å². The van der Waals surface area contributed by atoms with Crippen LogP contribution >= 0.6 is 0 Å². The van der Waals surface area contributed by atoms with Crippen LogP contribution in [0.4, 0.5) is 0 Å². The Labute approximate surface area is 121 Å². The predicted molar refractivity (Wildman–Crippen MR) is 77.0 cm³/mol. The SMILES string of the molecule is CC1(C)C2CN(C(=O)C3(S(C)(=O)=O)CCNCC3)CC21. The molecule has 3 rings (SSSR count). The smallest absolute Gasteiger partial charge is 0.244 e. The van der Waals surface area contributed by atoms with Gasteiger partial charge in [0.05, 0.1) is 0 Å². The molecule has 5 nitrogen and oxygen atoms in total. The summed E-state index contributed by atoms with van der Waals surface area (Å²) >= 11 is 0. The average Bonchev–Trinajstić information content (AvgIpc) is 2.79. The maximum Gasteiger partial charge on any atom is 0.244 e. The molecule has 2 saturated heterocycles. The molecule has 2 unspecified atom stereocenters. The molecular formula is C14H24N2O3S. The summed E-state index contributed by atoms with van der Waals surface area (Å²) in [4.78, 5) is 14.7. The first-order valence-corrected chi connectivity index (χ1v) is 9.29. The normalized spacial score (nSPS) is 34.6. The second-order valence-corrected chi connectivity index (χ2v) is 9.59. The van der Waals surface area contributed by atoms with Crippen molar-refractivity contribution in [2.75, 3.05) is 32.4 Å². The van der Waals surface area contributed by atoms with Crippen LogP contribution in [-0.2, 0) is 14.6 Å². The van der Waals surface area contributed by atoms with Crippen molar-refractivity contribution in [3.63, 3.8) is 0 Å². The third-order valence-electron chi connectivity index (χ3n) is 5.92. The van der Waals surface area contributed by atoms with Gasteiger partial charge < -0.3 is 10.2 Å². The van der Waals surface area contributed by atoms with Crippen molar-refractivity contribution in [3.05, 3.63) is 0 Å². The summed E-state index contributed by atoms with van der Waals surface area (Å²) in [5, 5.41) is 3.15. The monoisotopic (exact) mass is 300 g/mol. The molecule has 114 valence electrons. The second-order valence-electron chi connectivity index (χ2n) is 7.26. The molecule has 6 heteroatoms. The molecule has 1 N–H and O–H groups in total. The molecule has 1 saturated carbocycles. The van der Waals surface area contributed by atoms with Crippen molar-refractivity contribution in [2.24, 2.45) is 17.3 Å². The molecule has 0 spiro atoms.